The maximum atomic E-state index is 13.1. The fourth-order valence-corrected chi connectivity index (χ4v) is 4.92. The van der Waals surface area contributed by atoms with Crippen LogP contribution in [0.3, 0.4) is 0 Å². The number of H-pyrrole nitrogens is 1. The molecule has 3 rings (SSSR count). The van der Waals surface area contributed by atoms with Gasteiger partial charge in [-0.1, -0.05) is 13.8 Å². The normalized spacial score (nSPS) is 11.6. The third kappa shape index (κ3) is 5.32. The Morgan fingerprint density at radius 1 is 1.12 bits per heavy atom. The van der Waals surface area contributed by atoms with E-state index in [1.54, 1.807) is 26.0 Å². The summed E-state index contributed by atoms with van der Waals surface area (Å²) in [5.41, 5.74) is -0.187. The maximum Gasteiger partial charge on any atom is 0.254 e. The molecular weight excluding hydrogens is 448 g/mol. The van der Waals surface area contributed by atoms with Crippen molar-refractivity contribution in [1.82, 2.24) is 19.5 Å². The largest absolute Gasteiger partial charge is 0.467 e. The number of rotatable bonds is 9. The maximum absolute atomic E-state index is 13.1. The summed E-state index contributed by atoms with van der Waals surface area (Å²) in [7, 11) is -2.34. The second-order valence-electron chi connectivity index (χ2n) is 7.36. The lowest BCUT2D eigenvalue weighted by atomic mass is 10.1. The number of hydrogen-bond acceptors (Lipinski definition) is 6. The first-order valence-corrected chi connectivity index (χ1v) is 11.8. The number of aromatic nitrogens is 1. The number of likely N-dealkylation sites (N-methyl/N-ethyl adjacent to an activating group) is 1. The van der Waals surface area contributed by atoms with Crippen molar-refractivity contribution in [1.29, 1.82) is 0 Å². The molecule has 33 heavy (non-hydrogen) atoms. The van der Waals surface area contributed by atoms with Gasteiger partial charge in [-0.25, -0.2) is 8.42 Å². The fraction of sp³-hybridized carbons (Fsp3) is 0.318. The van der Waals surface area contributed by atoms with E-state index in [2.05, 4.69) is 10.3 Å². The van der Waals surface area contributed by atoms with Crippen LogP contribution in [-0.2, 0) is 21.4 Å². The Bertz CT molecular complexity index is 1310. The number of hydrogen-bond donors (Lipinski definition) is 2. The Morgan fingerprint density at radius 2 is 1.85 bits per heavy atom. The first-order chi connectivity index (χ1) is 15.7. The van der Waals surface area contributed by atoms with Crippen LogP contribution in [0, 0.1) is 0 Å². The molecule has 2 N–H and O–H groups in total. The van der Waals surface area contributed by atoms with Gasteiger partial charge in [0, 0.05) is 37.1 Å². The molecule has 11 heteroatoms. The number of aromatic amines is 1. The van der Waals surface area contributed by atoms with Crippen LogP contribution in [0.5, 0.6) is 0 Å². The highest BCUT2D eigenvalue weighted by Gasteiger charge is 2.24. The van der Waals surface area contributed by atoms with E-state index in [1.165, 1.54) is 35.8 Å². The van der Waals surface area contributed by atoms with E-state index in [4.69, 9.17) is 4.42 Å². The molecule has 0 saturated carbocycles. The van der Waals surface area contributed by atoms with Crippen molar-refractivity contribution in [2.75, 3.05) is 26.7 Å². The topological polar surface area (TPSA) is 133 Å². The lowest BCUT2D eigenvalue weighted by Gasteiger charge is -2.20. The van der Waals surface area contributed by atoms with Crippen LogP contribution < -0.4 is 10.9 Å². The molecule has 3 aromatic rings. The Morgan fingerprint density at radius 3 is 2.48 bits per heavy atom. The number of benzene rings is 1. The van der Waals surface area contributed by atoms with Crippen molar-refractivity contribution in [2.45, 2.75) is 25.3 Å². The van der Waals surface area contributed by atoms with Crippen molar-refractivity contribution in [3.63, 3.8) is 0 Å². The van der Waals surface area contributed by atoms with Crippen LogP contribution in [-0.4, -0.2) is 61.1 Å². The minimum absolute atomic E-state index is 0.00619. The number of furan rings is 1. The number of sulfonamides is 1. The van der Waals surface area contributed by atoms with Crippen molar-refractivity contribution < 1.29 is 22.4 Å². The van der Waals surface area contributed by atoms with Gasteiger partial charge < -0.3 is 19.6 Å². The van der Waals surface area contributed by atoms with Gasteiger partial charge in [0.1, 0.15) is 5.76 Å². The molecule has 0 unspecified atom stereocenters. The summed E-state index contributed by atoms with van der Waals surface area (Å²) in [5, 5.41) is 2.92. The molecule has 0 aliphatic carbocycles. The lowest BCUT2D eigenvalue weighted by Crippen LogP contribution is -2.38. The highest BCUT2D eigenvalue weighted by molar-refractivity contribution is 7.89. The van der Waals surface area contributed by atoms with E-state index >= 15 is 0 Å². The molecule has 0 atom stereocenters. The molecular formula is C22H26N4O6S. The van der Waals surface area contributed by atoms with Crippen LogP contribution in [0.25, 0.3) is 10.9 Å². The molecule has 0 radical (unpaired) electrons. The molecule has 0 aliphatic heterocycles. The average Bonchev–Trinajstić information content (AvgIpc) is 3.30. The molecule has 0 aliphatic rings. The van der Waals surface area contributed by atoms with E-state index in [9.17, 15) is 22.8 Å². The second kappa shape index (κ2) is 10.0. The number of carbonyl (C=O) groups excluding carboxylic acids is 2. The molecule has 0 spiro atoms. The smallest absolute Gasteiger partial charge is 0.254 e. The van der Waals surface area contributed by atoms with Crippen LogP contribution >= 0.6 is 0 Å². The van der Waals surface area contributed by atoms with Gasteiger partial charge in [-0.15, -0.1) is 0 Å². The highest BCUT2D eigenvalue weighted by atomic mass is 32.2. The van der Waals surface area contributed by atoms with Crippen molar-refractivity contribution >= 4 is 32.7 Å². The van der Waals surface area contributed by atoms with E-state index in [0.717, 1.165) is 11.0 Å². The number of amides is 2. The van der Waals surface area contributed by atoms with Crippen molar-refractivity contribution in [3.8, 4) is 0 Å². The second-order valence-corrected chi connectivity index (χ2v) is 9.30. The van der Waals surface area contributed by atoms with Crippen molar-refractivity contribution in [2.24, 2.45) is 0 Å². The number of carbonyl (C=O) groups is 2. The van der Waals surface area contributed by atoms with Crippen LogP contribution in [0.2, 0.25) is 0 Å². The van der Waals surface area contributed by atoms with Gasteiger partial charge in [-0.3, -0.25) is 14.4 Å². The first-order valence-electron chi connectivity index (χ1n) is 10.4. The molecule has 0 fully saturated rings. The fourth-order valence-electron chi connectivity index (χ4n) is 3.43. The predicted molar refractivity (Wildman–Crippen MR) is 122 cm³/mol. The minimum atomic E-state index is -3.77. The summed E-state index contributed by atoms with van der Waals surface area (Å²) in [6.45, 7) is 3.98. The third-order valence-electron chi connectivity index (χ3n) is 5.16. The first kappa shape index (κ1) is 24.2. The predicted octanol–water partition coefficient (Wildman–Crippen LogP) is 1.54. The third-order valence-corrected chi connectivity index (χ3v) is 7.20. The van der Waals surface area contributed by atoms with Crippen molar-refractivity contribution in [3.05, 3.63) is 64.3 Å². The lowest BCUT2D eigenvalue weighted by molar-refractivity contribution is -0.121. The van der Waals surface area contributed by atoms with Crippen LogP contribution in [0.15, 0.2) is 56.8 Å². The number of nitrogens with one attached hydrogen (secondary N) is 2. The minimum Gasteiger partial charge on any atom is -0.467 e. The van der Waals surface area contributed by atoms with Crippen LogP contribution in [0.1, 0.15) is 30.0 Å². The summed E-state index contributed by atoms with van der Waals surface area (Å²) >= 11 is 0. The molecule has 0 saturated heterocycles. The number of pyridine rings is 1. The molecule has 2 aromatic heterocycles. The molecule has 0 bridgehead atoms. The zero-order chi connectivity index (χ0) is 24.2. The summed E-state index contributed by atoms with van der Waals surface area (Å²) in [4.78, 5) is 41.3. The summed E-state index contributed by atoms with van der Waals surface area (Å²) in [5.74, 6) is -0.433. The molecule has 10 nitrogen and oxygen atoms in total. The SMILES string of the molecule is CCN(CC)S(=O)(=O)c1ccc2[nH]c(=O)cc(C(=O)N(C)CC(=O)NCc3ccco3)c2c1. The standard InChI is InChI=1S/C22H26N4O6S/c1-4-26(5-2)33(30,31)16-8-9-19-17(11-16)18(12-20(27)24-19)22(29)25(3)14-21(28)23-13-15-7-6-10-32-15/h6-12H,4-5,13-14H2,1-3H3,(H,23,28)(H,24,27). The Hall–Kier alpha value is -3.44. The zero-order valence-electron chi connectivity index (χ0n) is 18.6. The van der Waals surface area contributed by atoms with Crippen LogP contribution in [0.4, 0.5) is 0 Å². The van der Waals surface area contributed by atoms with E-state index < -0.39 is 27.4 Å². The molecule has 2 amide bonds. The van der Waals surface area contributed by atoms with Gasteiger partial charge in [0.15, 0.2) is 0 Å². The van der Waals surface area contributed by atoms with E-state index in [-0.39, 0.29) is 28.9 Å². The average molecular weight is 475 g/mol. The quantitative estimate of drug-likeness (QED) is 0.483. The number of nitrogens with zero attached hydrogens (tertiary/aromatic N) is 2. The summed E-state index contributed by atoms with van der Waals surface area (Å²) < 4.78 is 32.3. The van der Waals surface area contributed by atoms with Gasteiger partial charge in [0.05, 0.1) is 29.8 Å². The molecule has 1 aromatic carbocycles. The van der Waals surface area contributed by atoms with Gasteiger partial charge in [-0.05, 0) is 30.3 Å². The Balaban J connectivity index is 1.89. The molecule has 176 valence electrons. The monoisotopic (exact) mass is 474 g/mol. The Kier molecular flexibility index (Phi) is 7.34. The number of fused-ring (bicyclic) bond motifs is 1. The van der Waals surface area contributed by atoms with E-state index in [0.29, 0.717) is 24.4 Å². The van der Waals surface area contributed by atoms with Gasteiger partial charge >= 0.3 is 0 Å². The van der Waals surface area contributed by atoms with Gasteiger partial charge in [0.2, 0.25) is 21.5 Å². The Labute approximate surface area is 191 Å². The van der Waals surface area contributed by atoms with Gasteiger partial charge in [-0.2, -0.15) is 4.31 Å². The molecule has 2 heterocycles. The van der Waals surface area contributed by atoms with E-state index in [1.807, 2.05) is 0 Å². The highest BCUT2D eigenvalue weighted by Crippen LogP contribution is 2.23. The van der Waals surface area contributed by atoms with Gasteiger partial charge in [0.25, 0.3) is 5.91 Å². The summed E-state index contributed by atoms with van der Waals surface area (Å²) in [6.07, 6.45) is 1.49. The summed E-state index contributed by atoms with van der Waals surface area (Å²) in [6, 6.07) is 8.74. The zero-order valence-corrected chi connectivity index (χ0v) is 19.4.